The number of halogens is 1. The number of aryl methyl sites for hydroxylation is 1. The fourth-order valence-corrected chi connectivity index (χ4v) is 7.73. The van der Waals surface area contributed by atoms with Gasteiger partial charge in [-0.15, -0.1) is 0 Å². The summed E-state index contributed by atoms with van der Waals surface area (Å²) in [6.45, 7) is 9.92. The standard InChI is InChI=1S/C35H46BrN5O3/c1-23(21-25-7-10-27(11-8-25)44-32-6-4-5-30(36)24(32)2)15-16-40-17-19-41(20-18-40)26-9-12-28-31(22-26)39(3)38-34(28)29-13-14-33(42)37-35(29)43/h4-6,9,12,22-23,25,27,29H,7-8,10-11,13-21H2,1-3H3,(H,37,42,43). The highest BCUT2D eigenvalue weighted by molar-refractivity contribution is 9.10. The molecule has 9 heteroatoms. The quantitative estimate of drug-likeness (QED) is 0.269. The molecule has 3 heterocycles. The van der Waals surface area contributed by atoms with Crippen molar-refractivity contribution in [1.29, 1.82) is 0 Å². The number of piperazine rings is 1. The number of amides is 2. The maximum atomic E-state index is 12.5. The molecule has 236 valence electrons. The highest BCUT2D eigenvalue weighted by atomic mass is 79.9. The van der Waals surface area contributed by atoms with E-state index < -0.39 is 0 Å². The van der Waals surface area contributed by atoms with Crippen molar-refractivity contribution in [2.75, 3.05) is 37.6 Å². The van der Waals surface area contributed by atoms with Gasteiger partial charge in [0.15, 0.2) is 0 Å². The third-order valence-corrected chi connectivity index (χ3v) is 11.0. The molecule has 1 aliphatic carbocycles. The largest absolute Gasteiger partial charge is 0.490 e. The van der Waals surface area contributed by atoms with E-state index in [4.69, 9.17) is 9.84 Å². The Morgan fingerprint density at radius 2 is 1.82 bits per heavy atom. The maximum Gasteiger partial charge on any atom is 0.235 e. The van der Waals surface area contributed by atoms with Crippen LogP contribution in [0.15, 0.2) is 40.9 Å². The first-order valence-electron chi connectivity index (χ1n) is 16.4. The number of nitrogens with zero attached hydrogens (tertiary/aromatic N) is 4. The second-order valence-corrected chi connectivity index (χ2v) is 14.2. The van der Waals surface area contributed by atoms with Crippen molar-refractivity contribution < 1.29 is 14.3 Å². The average Bonchev–Trinajstić information content (AvgIpc) is 3.35. The van der Waals surface area contributed by atoms with Crippen LogP contribution in [0.2, 0.25) is 0 Å². The Labute approximate surface area is 269 Å². The van der Waals surface area contributed by atoms with Gasteiger partial charge in [0.05, 0.1) is 23.2 Å². The minimum atomic E-state index is -0.371. The molecule has 0 spiro atoms. The number of carbonyl (C=O) groups excluding carboxylic acids is 2. The minimum absolute atomic E-state index is 0.195. The number of anilines is 1. The molecule has 1 aromatic heterocycles. The van der Waals surface area contributed by atoms with Crippen molar-refractivity contribution in [2.24, 2.45) is 18.9 Å². The molecule has 1 N–H and O–H groups in total. The summed E-state index contributed by atoms with van der Waals surface area (Å²) in [6.07, 6.45) is 8.68. The Balaban J connectivity index is 0.939. The Hall–Kier alpha value is -2.91. The van der Waals surface area contributed by atoms with Crippen molar-refractivity contribution in [3.8, 4) is 5.75 Å². The molecule has 2 unspecified atom stereocenters. The van der Waals surface area contributed by atoms with E-state index in [0.29, 0.717) is 18.9 Å². The van der Waals surface area contributed by atoms with Gasteiger partial charge >= 0.3 is 0 Å². The summed E-state index contributed by atoms with van der Waals surface area (Å²) in [5.41, 5.74) is 4.20. The zero-order valence-electron chi connectivity index (χ0n) is 26.4. The molecule has 8 nitrogen and oxygen atoms in total. The average molecular weight is 665 g/mol. The lowest BCUT2D eigenvalue weighted by Crippen LogP contribution is -2.46. The van der Waals surface area contributed by atoms with Gasteiger partial charge in [0.25, 0.3) is 0 Å². The summed E-state index contributed by atoms with van der Waals surface area (Å²) in [5.74, 6) is 1.78. The van der Waals surface area contributed by atoms with E-state index in [0.717, 1.165) is 77.7 Å². The number of hydrogen-bond donors (Lipinski definition) is 1. The molecule has 0 radical (unpaired) electrons. The summed E-state index contributed by atoms with van der Waals surface area (Å²) >= 11 is 3.62. The number of ether oxygens (including phenoxy) is 1. The third-order valence-electron chi connectivity index (χ3n) is 10.1. The van der Waals surface area contributed by atoms with Gasteiger partial charge in [-0.3, -0.25) is 24.5 Å². The van der Waals surface area contributed by atoms with Crippen LogP contribution in [0.1, 0.15) is 75.5 Å². The zero-order valence-corrected chi connectivity index (χ0v) is 27.9. The zero-order chi connectivity index (χ0) is 30.8. The number of imide groups is 1. The number of nitrogens with one attached hydrogen (secondary N) is 1. The highest BCUT2D eigenvalue weighted by Gasteiger charge is 2.32. The number of aromatic nitrogens is 2. The molecule has 3 aliphatic rings. The predicted octanol–water partition coefficient (Wildman–Crippen LogP) is 6.34. The first-order chi connectivity index (χ1) is 21.2. The molecule has 2 saturated heterocycles. The Morgan fingerprint density at radius 3 is 2.57 bits per heavy atom. The van der Waals surface area contributed by atoms with Crippen molar-refractivity contribution in [2.45, 2.75) is 77.2 Å². The van der Waals surface area contributed by atoms with Crippen molar-refractivity contribution >= 4 is 44.3 Å². The van der Waals surface area contributed by atoms with Crippen molar-refractivity contribution in [3.05, 3.63) is 52.1 Å². The molecular weight excluding hydrogens is 618 g/mol. The highest BCUT2D eigenvalue weighted by Crippen LogP contribution is 2.35. The van der Waals surface area contributed by atoms with E-state index in [1.165, 1.54) is 43.5 Å². The van der Waals surface area contributed by atoms with E-state index in [1.807, 2.05) is 11.7 Å². The van der Waals surface area contributed by atoms with E-state index in [1.54, 1.807) is 0 Å². The fraction of sp³-hybridized carbons (Fsp3) is 0.571. The smallest absolute Gasteiger partial charge is 0.235 e. The van der Waals surface area contributed by atoms with Crippen LogP contribution in [0, 0.1) is 18.8 Å². The van der Waals surface area contributed by atoms with Crippen molar-refractivity contribution in [3.63, 3.8) is 0 Å². The Morgan fingerprint density at radius 1 is 1.05 bits per heavy atom. The molecule has 3 fully saturated rings. The van der Waals surface area contributed by atoms with Gasteiger partial charge in [-0.05, 0) is 101 Å². The first kappa shape index (κ1) is 31.1. The number of carbonyl (C=O) groups is 2. The number of piperidine rings is 1. The van der Waals surface area contributed by atoms with Crippen LogP contribution >= 0.6 is 15.9 Å². The maximum absolute atomic E-state index is 12.5. The molecule has 44 heavy (non-hydrogen) atoms. The third kappa shape index (κ3) is 6.99. The van der Waals surface area contributed by atoms with Gasteiger partial charge in [-0.25, -0.2) is 0 Å². The lowest BCUT2D eigenvalue weighted by atomic mass is 9.81. The summed E-state index contributed by atoms with van der Waals surface area (Å²) in [4.78, 5) is 29.2. The summed E-state index contributed by atoms with van der Waals surface area (Å²) in [6, 6.07) is 12.7. The molecule has 3 aromatic rings. The van der Waals surface area contributed by atoms with Crippen LogP contribution in [0.25, 0.3) is 10.9 Å². The van der Waals surface area contributed by atoms with Crippen LogP contribution in [0.4, 0.5) is 5.69 Å². The van der Waals surface area contributed by atoms with E-state index in [2.05, 4.69) is 81.3 Å². The minimum Gasteiger partial charge on any atom is -0.490 e. The second kappa shape index (κ2) is 13.6. The lowest BCUT2D eigenvalue weighted by Gasteiger charge is -2.37. The second-order valence-electron chi connectivity index (χ2n) is 13.3. The predicted molar refractivity (Wildman–Crippen MR) is 178 cm³/mol. The molecule has 1 saturated carbocycles. The number of rotatable bonds is 9. The molecule has 0 bridgehead atoms. The van der Waals surface area contributed by atoms with Crippen LogP contribution < -0.4 is 15.0 Å². The van der Waals surface area contributed by atoms with Crippen LogP contribution in [0.5, 0.6) is 5.75 Å². The van der Waals surface area contributed by atoms with Gasteiger partial charge in [0.2, 0.25) is 11.8 Å². The van der Waals surface area contributed by atoms with E-state index >= 15 is 0 Å². The summed E-state index contributed by atoms with van der Waals surface area (Å²) in [7, 11) is 1.94. The van der Waals surface area contributed by atoms with Crippen LogP contribution in [-0.4, -0.2) is 65.3 Å². The van der Waals surface area contributed by atoms with Crippen molar-refractivity contribution in [1.82, 2.24) is 20.0 Å². The van der Waals surface area contributed by atoms with Crippen LogP contribution in [0.3, 0.4) is 0 Å². The van der Waals surface area contributed by atoms with Gasteiger partial charge < -0.3 is 9.64 Å². The van der Waals surface area contributed by atoms with Gasteiger partial charge in [0, 0.05) is 60.8 Å². The van der Waals surface area contributed by atoms with E-state index in [-0.39, 0.29) is 17.7 Å². The number of benzene rings is 2. The van der Waals surface area contributed by atoms with Gasteiger partial charge in [-0.2, -0.15) is 5.10 Å². The topological polar surface area (TPSA) is 79.7 Å². The van der Waals surface area contributed by atoms with E-state index in [9.17, 15) is 9.59 Å². The molecule has 2 aromatic carbocycles. The molecule has 2 atom stereocenters. The van der Waals surface area contributed by atoms with Gasteiger partial charge in [-0.1, -0.05) is 28.9 Å². The molecule has 2 amide bonds. The molecule has 2 aliphatic heterocycles. The SMILES string of the molecule is Cc1c(Br)cccc1OC1CCC(CC(C)CCN2CCN(c3ccc4c(C5CCC(=O)NC5=O)nn(C)c4c3)CC2)CC1. The number of fused-ring (bicyclic) bond motifs is 1. The van der Waals surface area contributed by atoms with Crippen LogP contribution in [-0.2, 0) is 16.6 Å². The summed E-state index contributed by atoms with van der Waals surface area (Å²) in [5, 5.41) is 8.18. The normalized spacial score (nSPS) is 24.0. The molecular formula is C35H46BrN5O3. The Kier molecular flexibility index (Phi) is 9.62. The number of hydrogen-bond acceptors (Lipinski definition) is 6. The molecule has 6 rings (SSSR count). The summed E-state index contributed by atoms with van der Waals surface area (Å²) < 4.78 is 9.37. The lowest BCUT2D eigenvalue weighted by molar-refractivity contribution is -0.134. The monoisotopic (exact) mass is 663 g/mol. The fourth-order valence-electron chi connectivity index (χ4n) is 7.38. The van der Waals surface area contributed by atoms with Gasteiger partial charge in [0.1, 0.15) is 5.75 Å². The first-order valence-corrected chi connectivity index (χ1v) is 17.2. The Bertz CT molecular complexity index is 1490.